The lowest BCUT2D eigenvalue weighted by molar-refractivity contribution is -0.286. The van der Waals surface area contributed by atoms with Gasteiger partial charge in [-0.15, -0.1) is 0 Å². The van der Waals surface area contributed by atoms with Crippen LogP contribution >= 0.6 is 11.8 Å². The molecule has 0 saturated carbocycles. The Kier molecular flexibility index (Phi) is 11.4. The van der Waals surface area contributed by atoms with Crippen molar-refractivity contribution in [3.05, 3.63) is 48.0 Å². The van der Waals surface area contributed by atoms with Crippen molar-refractivity contribution in [1.82, 2.24) is 0 Å². The van der Waals surface area contributed by atoms with Gasteiger partial charge < -0.3 is 24.1 Å². The average molecular weight is 495 g/mol. The molecule has 0 unspecified atom stereocenters. The van der Waals surface area contributed by atoms with Gasteiger partial charge in [0.15, 0.2) is 5.78 Å². The summed E-state index contributed by atoms with van der Waals surface area (Å²) in [6, 6.07) is 9.77. The summed E-state index contributed by atoms with van der Waals surface area (Å²) >= 11 is 1.20. The third-order valence-electron chi connectivity index (χ3n) is 6.02. The molecule has 0 aromatic heterocycles. The van der Waals surface area contributed by atoms with Gasteiger partial charge >= 0.3 is 0 Å². The Hall–Kier alpha value is -1.55. The average Bonchev–Trinajstić information content (AvgIpc) is 2.82. The third-order valence-corrected chi connectivity index (χ3v) is 6.73. The van der Waals surface area contributed by atoms with E-state index in [9.17, 15) is 14.7 Å². The largest absolute Gasteiger partial charge is 0.390 e. The molecule has 1 heterocycles. The first-order valence-corrected chi connectivity index (χ1v) is 12.7. The number of hydrogen-bond donors (Lipinski definition) is 1. The van der Waals surface area contributed by atoms with Crippen LogP contribution in [0.4, 0.5) is 0 Å². The molecular formula is C26H38O7S. The summed E-state index contributed by atoms with van der Waals surface area (Å²) in [5.41, 5.74) is 0.155. The van der Waals surface area contributed by atoms with Crippen LogP contribution in [0, 0.1) is 5.41 Å². The molecule has 1 fully saturated rings. The second-order valence-corrected chi connectivity index (χ2v) is 10.2. The first-order chi connectivity index (χ1) is 16.1. The molecule has 1 saturated heterocycles. The van der Waals surface area contributed by atoms with Crippen molar-refractivity contribution in [2.45, 2.75) is 77.7 Å². The van der Waals surface area contributed by atoms with E-state index in [-0.39, 0.29) is 30.5 Å². The molecule has 34 heavy (non-hydrogen) atoms. The van der Waals surface area contributed by atoms with Gasteiger partial charge in [0.1, 0.15) is 6.79 Å². The van der Waals surface area contributed by atoms with E-state index in [1.807, 2.05) is 51.1 Å². The van der Waals surface area contributed by atoms with Crippen molar-refractivity contribution in [3.8, 4) is 0 Å². The Labute approximate surface area is 207 Å². The van der Waals surface area contributed by atoms with Crippen LogP contribution in [0.25, 0.3) is 0 Å². The Morgan fingerprint density at radius 3 is 2.71 bits per heavy atom. The molecule has 0 spiro atoms. The predicted molar refractivity (Wildman–Crippen MR) is 132 cm³/mol. The van der Waals surface area contributed by atoms with E-state index >= 15 is 0 Å². The van der Waals surface area contributed by atoms with Gasteiger partial charge in [0.2, 0.25) is 10.9 Å². The molecule has 8 heteroatoms. The zero-order valence-electron chi connectivity index (χ0n) is 20.8. The lowest BCUT2D eigenvalue weighted by Gasteiger charge is -2.47. The van der Waals surface area contributed by atoms with E-state index in [0.29, 0.717) is 18.8 Å². The summed E-state index contributed by atoms with van der Waals surface area (Å²) in [5.74, 6) is -1.04. The fourth-order valence-electron chi connectivity index (χ4n) is 3.96. The first kappa shape index (κ1) is 28.7. The van der Waals surface area contributed by atoms with Crippen LogP contribution in [0.1, 0.15) is 52.5 Å². The van der Waals surface area contributed by atoms with Crippen molar-refractivity contribution in [2.24, 2.45) is 5.41 Å². The number of hydrogen-bond acceptors (Lipinski definition) is 8. The summed E-state index contributed by atoms with van der Waals surface area (Å²) in [4.78, 5) is 24.9. The van der Waals surface area contributed by atoms with Crippen LogP contribution in [-0.2, 0) is 35.1 Å². The number of carbonyl (C=O) groups is 2. The second kappa shape index (κ2) is 13.5. The van der Waals surface area contributed by atoms with E-state index in [1.54, 1.807) is 13.0 Å². The van der Waals surface area contributed by atoms with E-state index < -0.39 is 29.5 Å². The SMILES string of the molecule is CCSC(=O)/C=C/C(C)(C)[C@]1(OC)O[C@H](C[C@@H](O)[C@@H](C)OCOCc2ccccc2)CCC1=O. The Morgan fingerprint density at radius 2 is 2.06 bits per heavy atom. The number of Topliss-reactive ketones (excluding diaryl/α,β-unsaturated/α-hetero) is 1. The van der Waals surface area contributed by atoms with Crippen LogP contribution in [0.15, 0.2) is 42.5 Å². The Bertz CT molecular complexity index is 811. The van der Waals surface area contributed by atoms with Gasteiger partial charge in [0.05, 0.1) is 24.9 Å². The number of thioether (sulfide) groups is 1. The molecule has 1 aliphatic rings. The predicted octanol–water partition coefficient (Wildman–Crippen LogP) is 4.27. The quantitative estimate of drug-likeness (QED) is 0.247. The Balaban J connectivity index is 1.93. The number of aliphatic hydroxyl groups is 1. The van der Waals surface area contributed by atoms with Crippen LogP contribution in [0.3, 0.4) is 0 Å². The monoisotopic (exact) mass is 494 g/mol. The first-order valence-electron chi connectivity index (χ1n) is 11.7. The second-order valence-electron chi connectivity index (χ2n) is 8.96. The number of aliphatic hydroxyl groups excluding tert-OH is 1. The number of carbonyl (C=O) groups excluding carboxylic acids is 2. The van der Waals surface area contributed by atoms with Crippen molar-refractivity contribution in [2.75, 3.05) is 19.7 Å². The highest BCUT2D eigenvalue weighted by Crippen LogP contribution is 2.43. The number of ether oxygens (including phenoxy) is 4. The molecular weight excluding hydrogens is 456 g/mol. The summed E-state index contributed by atoms with van der Waals surface area (Å²) < 4.78 is 23.1. The standard InChI is InChI=1S/C26H38O7S/c1-6-34-24(29)14-15-25(3,4)26(30-5)23(28)13-12-21(33-26)16-22(27)19(2)32-18-31-17-20-10-8-7-9-11-20/h7-11,14-15,19,21-22,27H,6,12-13,16-18H2,1-5H3/b15-14+/t19-,21+,22-,26-/m1/s1. The highest BCUT2D eigenvalue weighted by molar-refractivity contribution is 8.14. The van der Waals surface area contributed by atoms with Gasteiger partial charge in [-0.3, -0.25) is 9.59 Å². The lowest BCUT2D eigenvalue weighted by Crippen LogP contribution is -2.59. The van der Waals surface area contributed by atoms with E-state index in [1.165, 1.54) is 24.9 Å². The normalized spacial score (nSPS) is 23.2. The summed E-state index contributed by atoms with van der Waals surface area (Å²) in [6.45, 7) is 7.78. The Morgan fingerprint density at radius 1 is 1.35 bits per heavy atom. The highest BCUT2D eigenvalue weighted by atomic mass is 32.2. The number of ketones is 1. The molecule has 0 aliphatic carbocycles. The van der Waals surface area contributed by atoms with E-state index in [4.69, 9.17) is 18.9 Å². The third kappa shape index (κ3) is 7.73. The van der Waals surface area contributed by atoms with Crippen LogP contribution in [0.2, 0.25) is 0 Å². The van der Waals surface area contributed by atoms with Crippen LogP contribution < -0.4 is 0 Å². The smallest absolute Gasteiger partial charge is 0.237 e. The van der Waals surface area contributed by atoms with Crippen molar-refractivity contribution < 1.29 is 33.6 Å². The van der Waals surface area contributed by atoms with Gasteiger partial charge in [-0.05, 0) is 30.7 Å². The van der Waals surface area contributed by atoms with Crippen molar-refractivity contribution >= 4 is 22.7 Å². The zero-order valence-corrected chi connectivity index (χ0v) is 21.6. The molecule has 1 N–H and O–H groups in total. The number of benzene rings is 1. The lowest BCUT2D eigenvalue weighted by atomic mass is 9.77. The van der Waals surface area contributed by atoms with Crippen LogP contribution in [0.5, 0.6) is 0 Å². The molecule has 1 aliphatic heterocycles. The van der Waals surface area contributed by atoms with E-state index in [2.05, 4.69) is 0 Å². The molecule has 0 amide bonds. The minimum atomic E-state index is -1.54. The molecule has 1 aromatic carbocycles. The summed E-state index contributed by atoms with van der Waals surface area (Å²) in [7, 11) is 1.44. The topological polar surface area (TPSA) is 91.3 Å². The maximum atomic E-state index is 12.9. The van der Waals surface area contributed by atoms with Gasteiger partial charge in [-0.2, -0.15) is 0 Å². The molecule has 1 aromatic rings. The maximum absolute atomic E-state index is 12.9. The van der Waals surface area contributed by atoms with Crippen molar-refractivity contribution in [1.29, 1.82) is 0 Å². The fraction of sp³-hybridized carbons (Fsp3) is 0.615. The molecule has 0 radical (unpaired) electrons. The highest BCUT2D eigenvalue weighted by Gasteiger charge is 2.55. The molecule has 2 rings (SSSR count). The van der Waals surface area contributed by atoms with Crippen molar-refractivity contribution in [3.63, 3.8) is 0 Å². The van der Waals surface area contributed by atoms with Gasteiger partial charge in [0, 0.05) is 25.4 Å². The number of methoxy groups -OCH3 is 1. The number of rotatable bonds is 13. The summed E-state index contributed by atoms with van der Waals surface area (Å²) in [5, 5.41) is 10.6. The molecule has 4 atom stereocenters. The molecule has 190 valence electrons. The minimum absolute atomic E-state index is 0.0563. The van der Waals surface area contributed by atoms with Crippen LogP contribution in [-0.4, -0.2) is 59.8 Å². The fourth-order valence-corrected chi connectivity index (χ4v) is 4.40. The zero-order chi connectivity index (χ0) is 25.2. The molecule has 7 nitrogen and oxygen atoms in total. The minimum Gasteiger partial charge on any atom is -0.390 e. The summed E-state index contributed by atoms with van der Waals surface area (Å²) in [6.07, 6.45) is 2.46. The van der Waals surface area contributed by atoms with Gasteiger partial charge in [-0.1, -0.05) is 68.9 Å². The maximum Gasteiger partial charge on any atom is 0.237 e. The molecule has 0 bridgehead atoms. The van der Waals surface area contributed by atoms with Gasteiger partial charge in [0.25, 0.3) is 0 Å². The van der Waals surface area contributed by atoms with E-state index in [0.717, 1.165) is 5.56 Å². The van der Waals surface area contributed by atoms with Gasteiger partial charge in [-0.25, -0.2) is 0 Å².